The van der Waals surface area contributed by atoms with E-state index in [0.717, 1.165) is 5.56 Å². The lowest BCUT2D eigenvalue weighted by Gasteiger charge is -2.12. The summed E-state index contributed by atoms with van der Waals surface area (Å²) in [4.78, 5) is 25.6. The van der Waals surface area contributed by atoms with Gasteiger partial charge in [-0.15, -0.1) is 0 Å². The van der Waals surface area contributed by atoms with Crippen molar-refractivity contribution < 1.29 is 23.5 Å². The van der Waals surface area contributed by atoms with Crippen molar-refractivity contribution >= 4 is 29.5 Å². The van der Waals surface area contributed by atoms with E-state index in [-0.39, 0.29) is 5.70 Å². The fraction of sp³-hybridized carbons (Fsp3) is 0.167. The molecule has 1 aromatic heterocycles. The highest BCUT2D eigenvalue weighted by molar-refractivity contribution is 6.30. The van der Waals surface area contributed by atoms with Crippen LogP contribution in [0.15, 0.2) is 71.0 Å². The van der Waals surface area contributed by atoms with Crippen LogP contribution in [0.1, 0.15) is 21.7 Å². The molecule has 1 heterocycles. The first-order chi connectivity index (χ1) is 15.5. The first-order valence-electron chi connectivity index (χ1n) is 9.81. The summed E-state index contributed by atoms with van der Waals surface area (Å²) in [5.41, 5.74) is 1.39. The minimum atomic E-state index is -0.475. The van der Waals surface area contributed by atoms with Crippen molar-refractivity contribution in [1.82, 2.24) is 10.6 Å². The largest absolute Gasteiger partial charge is 0.493 e. The van der Waals surface area contributed by atoms with Gasteiger partial charge in [0.2, 0.25) is 0 Å². The highest BCUT2D eigenvalue weighted by Gasteiger charge is 2.17. The summed E-state index contributed by atoms with van der Waals surface area (Å²) in [6.45, 7) is 0.377. The van der Waals surface area contributed by atoms with Crippen LogP contribution in [0.4, 0.5) is 0 Å². The topological polar surface area (TPSA) is 89.8 Å². The van der Waals surface area contributed by atoms with E-state index >= 15 is 0 Å². The number of hydrogen-bond acceptors (Lipinski definition) is 5. The maximum absolute atomic E-state index is 12.8. The Labute approximate surface area is 191 Å². The molecule has 0 aliphatic rings. The molecule has 0 radical (unpaired) electrons. The van der Waals surface area contributed by atoms with Crippen molar-refractivity contribution in [2.45, 2.75) is 6.42 Å². The standard InChI is InChI=1S/C24H23ClN2O5/c1-30-21-10-7-17(14-22(21)31-2)23(28)27-20(15-19-4-3-13-32-19)24(29)26-12-11-16-5-8-18(25)9-6-16/h3-10,13-15H,11-12H2,1-2H3,(H,26,29)(H,27,28)/b20-15-. The minimum absolute atomic E-state index is 0.0517. The second-order valence-corrected chi connectivity index (χ2v) is 7.17. The number of furan rings is 1. The summed E-state index contributed by atoms with van der Waals surface area (Å²) in [5.74, 6) is 0.417. The second-order valence-electron chi connectivity index (χ2n) is 6.73. The van der Waals surface area contributed by atoms with Crippen LogP contribution >= 0.6 is 11.6 Å². The number of rotatable bonds is 9. The number of carbonyl (C=O) groups excluding carboxylic acids is 2. The fourth-order valence-electron chi connectivity index (χ4n) is 2.91. The molecule has 0 saturated heterocycles. The van der Waals surface area contributed by atoms with Gasteiger partial charge in [0.1, 0.15) is 11.5 Å². The first-order valence-corrected chi connectivity index (χ1v) is 10.2. The van der Waals surface area contributed by atoms with Gasteiger partial charge < -0.3 is 24.5 Å². The second kappa shape index (κ2) is 11.1. The van der Waals surface area contributed by atoms with Crippen molar-refractivity contribution in [2.75, 3.05) is 20.8 Å². The smallest absolute Gasteiger partial charge is 0.267 e. The maximum atomic E-state index is 12.8. The van der Waals surface area contributed by atoms with E-state index in [1.54, 1.807) is 36.4 Å². The Hall–Kier alpha value is -3.71. The van der Waals surface area contributed by atoms with Crippen LogP contribution in [0.5, 0.6) is 11.5 Å². The van der Waals surface area contributed by atoms with Gasteiger partial charge in [-0.3, -0.25) is 9.59 Å². The van der Waals surface area contributed by atoms with Gasteiger partial charge >= 0.3 is 0 Å². The third-order valence-corrected chi connectivity index (χ3v) is 4.83. The van der Waals surface area contributed by atoms with Crippen molar-refractivity contribution in [3.05, 3.63) is 88.5 Å². The molecule has 7 nitrogen and oxygen atoms in total. The maximum Gasteiger partial charge on any atom is 0.267 e. The third-order valence-electron chi connectivity index (χ3n) is 4.58. The van der Waals surface area contributed by atoms with E-state index in [1.807, 2.05) is 12.1 Å². The molecule has 2 N–H and O–H groups in total. The number of carbonyl (C=O) groups is 2. The van der Waals surface area contributed by atoms with Gasteiger partial charge in [0.05, 0.1) is 20.5 Å². The van der Waals surface area contributed by atoms with Crippen LogP contribution in [0.3, 0.4) is 0 Å². The van der Waals surface area contributed by atoms with Crippen molar-refractivity contribution in [3.63, 3.8) is 0 Å². The molecule has 2 aromatic carbocycles. The highest BCUT2D eigenvalue weighted by atomic mass is 35.5. The summed E-state index contributed by atoms with van der Waals surface area (Å²) in [7, 11) is 2.99. The number of amides is 2. The monoisotopic (exact) mass is 454 g/mol. The highest BCUT2D eigenvalue weighted by Crippen LogP contribution is 2.27. The SMILES string of the molecule is COc1ccc(C(=O)N/C(=C\c2ccco2)C(=O)NCCc2ccc(Cl)cc2)cc1OC. The molecule has 0 aliphatic heterocycles. The number of methoxy groups -OCH3 is 2. The predicted octanol–water partition coefficient (Wildman–Crippen LogP) is 4.08. The van der Waals surface area contributed by atoms with Gasteiger partial charge in [0.25, 0.3) is 11.8 Å². The first kappa shape index (κ1) is 23.0. The minimum Gasteiger partial charge on any atom is -0.493 e. The zero-order chi connectivity index (χ0) is 22.9. The Balaban J connectivity index is 1.72. The van der Waals surface area contributed by atoms with E-state index in [2.05, 4.69) is 10.6 Å². The molecule has 0 saturated carbocycles. The average Bonchev–Trinajstić information content (AvgIpc) is 3.32. The fourth-order valence-corrected chi connectivity index (χ4v) is 3.04. The molecule has 8 heteroatoms. The molecule has 0 atom stereocenters. The van der Waals surface area contributed by atoms with Crippen LogP contribution in [0.25, 0.3) is 6.08 Å². The lowest BCUT2D eigenvalue weighted by Crippen LogP contribution is -2.35. The average molecular weight is 455 g/mol. The molecule has 0 bridgehead atoms. The van der Waals surface area contributed by atoms with E-state index in [0.29, 0.717) is 40.8 Å². The summed E-state index contributed by atoms with van der Waals surface area (Å²) in [5, 5.41) is 6.12. The number of hydrogen-bond donors (Lipinski definition) is 2. The number of nitrogens with one attached hydrogen (secondary N) is 2. The van der Waals surface area contributed by atoms with Crippen LogP contribution < -0.4 is 20.1 Å². The van der Waals surface area contributed by atoms with Crippen molar-refractivity contribution in [1.29, 1.82) is 0 Å². The van der Waals surface area contributed by atoms with Crippen LogP contribution in [-0.4, -0.2) is 32.6 Å². The van der Waals surface area contributed by atoms with Crippen molar-refractivity contribution in [2.24, 2.45) is 0 Å². The van der Waals surface area contributed by atoms with E-state index < -0.39 is 11.8 Å². The van der Waals surface area contributed by atoms with Gasteiger partial charge in [0.15, 0.2) is 11.5 Å². The molecule has 3 aromatic rings. The Kier molecular flexibility index (Phi) is 7.94. The summed E-state index contributed by atoms with van der Waals surface area (Å²) < 4.78 is 15.7. The molecule has 0 aliphatic carbocycles. The Bertz CT molecular complexity index is 1090. The van der Waals surface area contributed by atoms with E-state index in [9.17, 15) is 9.59 Å². The summed E-state index contributed by atoms with van der Waals surface area (Å²) in [6.07, 6.45) is 3.56. The quantitative estimate of drug-likeness (QED) is 0.475. The molecule has 0 fully saturated rings. The summed E-state index contributed by atoms with van der Waals surface area (Å²) in [6, 6.07) is 15.5. The van der Waals surface area contributed by atoms with E-state index in [4.69, 9.17) is 25.5 Å². The predicted molar refractivity (Wildman–Crippen MR) is 122 cm³/mol. The lowest BCUT2D eigenvalue weighted by atomic mass is 10.1. The Morgan fingerprint density at radius 2 is 1.78 bits per heavy atom. The molecular formula is C24H23ClN2O5. The van der Waals surface area contributed by atoms with Gasteiger partial charge in [-0.1, -0.05) is 23.7 Å². The van der Waals surface area contributed by atoms with Gasteiger partial charge in [-0.2, -0.15) is 0 Å². The zero-order valence-electron chi connectivity index (χ0n) is 17.7. The van der Waals surface area contributed by atoms with Crippen molar-refractivity contribution in [3.8, 4) is 11.5 Å². The van der Waals surface area contributed by atoms with Gasteiger partial charge in [0, 0.05) is 23.2 Å². The Morgan fingerprint density at radius 1 is 1.03 bits per heavy atom. The summed E-state index contributed by atoms with van der Waals surface area (Å²) >= 11 is 5.90. The molecule has 0 unspecified atom stereocenters. The lowest BCUT2D eigenvalue weighted by molar-refractivity contribution is -0.117. The third kappa shape index (κ3) is 6.15. The molecule has 0 spiro atoms. The van der Waals surface area contributed by atoms with E-state index in [1.165, 1.54) is 32.6 Å². The molecule has 32 heavy (non-hydrogen) atoms. The molecular weight excluding hydrogens is 432 g/mol. The van der Waals surface area contributed by atoms with Crippen LogP contribution in [-0.2, 0) is 11.2 Å². The molecule has 166 valence electrons. The number of benzene rings is 2. The number of ether oxygens (including phenoxy) is 2. The zero-order valence-corrected chi connectivity index (χ0v) is 18.4. The molecule has 2 amide bonds. The van der Waals surface area contributed by atoms with Gasteiger partial charge in [-0.25, -0.2) is 0 Å². The van der Waals surface area contributed by atoms with Crippen LogP contribution in [0.2, 0.25) is 5.02 Å². The molecule has 3 rings (SSSR count). The number of halogens is 1. The Morgan fingerprint density at radius 3 is 2.44 bits per heavy atom. The van der Waals surface area contributed by atoms with Gasteiger partial charge in [-0.05, 0) is 54.4 Å². The normalized spacial score (nSPS) is 11.0. The van der Waals surface area contributed by atoms with Crippen LogP contribution in [0, 0.1) is 0 Å².